The molecule has 1 spiro atoms. The fourth-order valence-corrected chi connectivity index (χ4v) is 3.17. The molecule has 19 heavy (non-hydrogen) atoms. The fourth-order valence-electron chi connectivity index (χ4n) is 3.17. The highest BCUT2D eigenvalue weighted by molar-refractivity contribution is 6.07. The average molecular weight is 266 g/mol. The van der Waals surface area contributed by atoms with E-state index in [0.29, 0.717) is 13.0 Å². The predicted molar refractivity (Wildman–Crippen MR) is 66.2 cm³/mol. The van der Waals surface area contributed by atoms with Crippen LogP contribution >= 0.6 is 0 Å². The average Bonchev–Trinajstić information content (AvgIpc) is 2.99. The van der Waals surface area contributed by atoms with Gasteiger partial charge < -0.3 is 15.5 Å². The Bertz CT molecular complexity index is 433. The number of rotatable bonds is 1. The quantitative estimate of drug-likeness (QED) is 0.528. The summed E-state index contributed by atoms with van der Waals surface area (Å²) in [7, 11) is 0. The SMILES string of the molecule is O=C1NC(=O)C2(CCCN(C(=O)[C@@H]3CCCN3)C2)N1. The van der Waals surface area contributed by atoms with Crippen LogP contribution in [0.2, 0.25) is 0 Å². The Hall–Kier alpha value is -1.63. The Balaban J connectivity index is 1.72. The molecule has 1 unspecified atom stereocenters. The molecule has 3 aliphatic heterocycles. The highest BCUT2D eigenvalue weighted by atomic mass is 16.2. The Morgan fingerprint density at radius 1 is 1.32 bits per heavy atom. The molecule has 7 nitrogen and oxygen atoms in total. The molecule has 0 bridgehead atoms. The summed E-state index contributed by atoms with van der Waals surface area (Å²) in [5.74, 6) is -0.264. The van der Waals surface area contributed by atoms with E-state index in [1.165, 1.54) is 0 Å². The van der Waals surface area contributed by atoms with Crippen molar-refractivity contribution < 1.29 is 14.4 Å². The van der Waals surface area contributed by atoms with E-state index < -0.39 is 11.6 Å². The number of nitrogens with zero attached hydrogens (tertiary/aromatic N) is 1. The molecule has 104 valence electrons. The minimum absolute atomic E-state index is 0.0468. The zero-order chi connectivity index (χ0) is 13.5. The third-order valence-electron chi connectivity index (χ3n) is 4.18. The lowest BCUT2D eigenvalue weighted by molar-refractivity contribution is -0.137. The van der Waals surface area contributed by atoms with E-state index in [4.69, 9.17) is 0 Å². The summed E-state index contributed by atoms with van der Waals surface area (Å²) in [6.45, 7) is 1.80. The number of imide groups is 1. The molecule has 0 saturated carbocycles. The van der Waals surface area contributed by atoms with Gasteiger partial charge in [-0.1, -0.05) is 0 Å². The number of carbonyl (C=O) groups excluding carboxylic acids is 3. The lowest BCUT2D eigenvalue weighted by Crippen LogP contribution is -2.61. The van der Waals surface area contributed by atoms with Crippen LogP contribution in [0.3, 0.4) is 0 Å². The van der Waals surface area contributed by atoms with Gasteiger partial charge in [0.05, 0.1) is 12.6 Å². The first-order valence-corrected chi connectivity index (χ1v) is 6.76. The van der Waals surface area contributed by atoms with Crippen LogP contribution in [-0.4, -0.2) is 54.0 Å². The molecule has 4 amide bonds. The maximum absolute atomic E-state index is 12.3. The van der Waals surface area contributed by atoms with Crippen molar-refractivity contribution in [1.82, 2.24) is 20.9 Å². The van der Waals surface area contributed by atoms with E-state index in [1.54, 1.807) is 4.90 Å². The van der Waals surface area contributed by atoms with Crippen LogP contribution in [0.15, 0.2) is 0 Å². The zero-order valence-electron chi connectivity index (χ0n) is 10.7. The van der Waals surface area contributed by atoms with E-state index in [-0.39, 0.29) is 24.4 Å². The van der Waals surface area contributed by atoms with E-state index >= 15 is 0 Å². The topological polar surface area (TPSA) is 90.5 Å². The minimum Gasteiger partial charge on any atom is -0.338 e. The van der Waals surface area contributed by atoms with Crippen molar-refractivity contribution in [1.29, 1.82) is 0 Å². The van der Waals surface area contributed by atoms with Crippen LogP contribution < -0.4 is 16.0 Å². The molecule has 0 radical (unpaired) electrons. The molecule has 2 atom stereocenters. The van der Waals surface area contributed by atoms with Crippen LogP contribution in [0.5, 0.6) is 0 Å². The first kappa shape index (κ1) is 12.4. The molecule has 0 aliphatic carbocycles. The summed E-state index contributed by atoms with van der Waals surface area (Å²) >= 11 is 0. The molecule has 0 aromatic carbocycles. The van der Waals surface area contributed by atoms with Crippen LogP contribution in [-0.2, 0) is 9.59 Å². The van der Waals surface area contributed by atoms with Gasteiger partial charge in [-0.3, -0.25) is 14.9 Å². The maximum Gasteiger partial charge on any atom is 0.322 e. The van der Waals surface area contributed by atoms with E-state index in [0.717, 1.165) is 25.8 Å². The molecule has 7 heteroatoms. The number of carbonyl (C=O) groups is 3. The molecule has 0 aromatic rings. The molecule has 3 N–H and O–H groups in total. The molecule has 3 fully saturated rings. The Labute approximate surface area is 111 Å². The van der Waals surface area contributed by atoms with Crippen molar-refractivity contribution in [3.8, 4) is 0 Å². The van der Waals surface area contributed by atoms with E-state index in [1.807, 2.05) is 0 Å². The second kappa shape index (κ2) is 4.48. The first-order chi connectivity index (χ1) is 9.11. The number of likely N-dealkylation sites (tertiary alicyclic amines) is 1. The van der Waals surface area contributed by atoms with Crippen LogP contribution in [0.4, 0.5) is 4.79 Å². The normalized spacial score (nSPS) is 34.5. The lowest BCUT2D eigenvalue weighted by Gasteiger charge is -2.39. The second-order valence-corrected chi connectivity index (χ2v) is 5.50. The van der Waals surface area contributed by atoms with Crippen LogP contribution in [0.1, 0.15) is 25.7 Å². The van der Waals surface area contributed by atoms with Gasteiger partial charge in [0.15, 0.2) is 0 Å². The fraction of sp³-hybridized carbons (Fsp3) is 0.750. The van der Waals surface area contributed by atoms with Gasteiger partial charge in [-0.25, -0.2) is 4.79 Å². The number of urea groups is 1. The van der Waals surface area contributed by atoms with Crippen molar-refractivity contribution in [2.45, 2.75) is 37.3 Å². The van der Waals surface area contributed by atoms with Gasteiger partial charge in [0, 0.05) is 6.54 Å². The zero-order valence-corrected chi connectivity index (χ0v) is 10.7. The summed E-state index contributed by atoms with van der Waals surface area (Å²) < 4.78 is 0. The van der Waals surface area contributed by atoms with Crippen molar-refractivity contribution in [3.05, 3.63) is 0 Å². The Morgan fingerprint density at radius 2 is 2.16 bits per heavy atom. The van der Waals surface area contributed by atoms with E-state index in [2.05, 4.69) is 16.0 Å². The smallest absolute Gasteiger partial charge is 0.322 e. The number of hydrogen-bond donors (Lipinski definition) is 3. The molecule has 3 saturated heterocycles. The molecule has 3 aliphatic rings. The van der Waals surface area contributed by atoms with Crippen molar-refractivity contribution in [2.75, 3.05) is 19.6 Å². The largest absolute Gasteiger partial charge is 0.338 e. The molecular weight excluding hydrogens is 248 g/mol. The third kappa shape index (κ3) is 2.07. The minimum atomic E-state index is -0.913. The van der Waals surface area contributed by atoms with Gasteiger partial charge in [0.25, 0.3) is 5.91 Å². The van der Waals surface area contributed by atoms with Gasteiger partial charge in [-0.15, -0.1) is 0 Å². The van der Waals surface area contributed by atoms with Crippen LogP contribution in [0, 0.1) is 0 Å². The highest BCUT2D eigenvalue weighted by Crippen LogP contribution is 2.25. The van der Waals surface area contributed by atoms with Crippen molar-refractivity contribution in [2.24, 2.45) is 0 Å². The van der Waals surface area contributed by atoms with E-state index in [9.17, 15) is 14.4 Å². The van der Waals surface area contributed by atoms with Crippen molar-refractivity contribution in [3.63, 3.8) is 0 Å². The molecular formula is C12H18N4O3. The monoisotopic (exact) mass is 266 g/mol. The summed E-state index contributed by atoms with van der Waals surface area (Å²) in [4.78, 5) is 37.3. The number of hydrogen-bond acceptors (Lipinski definition) is 4. The highest BCUT2D eigenvalue weighted by Gasteiger charge is 2.50. The second-order valence-electron chi connectivity index (χ2n) is 5.50. The summed E-state index contributed by atoms with van der Waals surface area (Å²) in [6.07, 6.45) is 3.17. The number of amides is 4. The number of nitrogens with one attached hydrogen (secondary N) is 3. The van der Waals surface area contributed by atoms with Crippen LogP contribution in [0.25, 0.3) is 0 Å². The summed E-state index contributed by atoms with van der Waals surface area (Å²) in [5, 5.41) is 8.12. The van der Waals surface area contributed by atoms with Gasteiger partial charge in [-0.05, 0) is 32.2 Å². The van der Waals surface area contributed by atoms with Gasteiger partial charge >= 0.3 is 6.03 Å². The standard InChI is InChI=1S/C12H18N4O3/c17-9(8-3-1-5-13-8)16-6-2-4-12(7-16)10(18)14-11(19)15-12/h8,13H,1-7H2,(H2,14,15,18,19)/t8-,12?/m0/s1. The molecule has 3 heterocycles. The van der Waals surface area contributed by atoms with Gasteiger partial charge in [0.1, 0.15) is 5.54 Å². The summed E-state index contributed by atoms with van der Waals surface area (Å²) in [6, 6.07) is -0.589. The third-order valence-corrected chi connectivity index (χ3v) is 4.18. The number of piperidine rings is 1. The Morgan fingerprint density at radius 3 is 2.79 bits per heavy atom. The Kier molecular flexibility index (Phi) is 2.93. The summed E-state index contributed by atoms with van der Waals surface area (Å²) in [5.41, 5.74) is -0.913. The van der Waals surface area contributed by atoms with Gasteiger partial charge in [-0.2, -0.15) is 0 Å². The molecule has 0 aromatic heterocycles. The van der Waals surface area contributed by atoms with Gasteiger partial charge in [0.2, 0.25) is 5.91 Å². The maximum atomic E-state index is 12.3. The van der Waals surface area contributed by atoms with Crippen molar-refractivity contribution >= 4 is 17.8 Å². The lowest BCUT2D eigenvalue weighted by atomic mass is 9.89. The predicted octanol–water partition coefficient (Wildman–Crippen LogP) is -1.06. The molecule has 3 rings (SSSR count). The first-order valence-electron chi connectivity index (χ1n) is 6.76.